The summed E-state index contributed by atoms with van der Waals surface area (Å²) in [6, 6.07) is 0. The van der Waals surface area contributed by atoms with Gasteiger partial charge >= 0.3 is 0 Å². The van der Waals surface area contributed by atoms with Crippen molar-refractivity contribution in [1.82, 2.24) is 15.0 Å². The van der Waals surface area contributed by atoms with Gasteiger partial charge in [-0.25, -0.2) is 15.0 Å². The average Bonchev–Trinajstić information content (AvgIpc) is 2.91. The quantitative estimate of drug-likeness (QED) is 0.876. The zero-order chi connectivity index (χ0) is 11.7. The number of ether oxygens (including phenoxy) is 1. The highest BCUT2D eigenvalue weighted by Crippen LogP contribution is 2.25. The second kappa shape index (κ2) is 4.38. The molecule has 0 amide bonds. The second-order valence-corrected chi connectivity index (χ2v) is 4.47. The van der Waals surface area contributed by atoms with Gasteiger partial charge in [-0.2, -0.15) is 0 Å². The fraction of sp³-hybridized carbons (Fsp3) is 0.364. The molecule has 0 saturated heterocycles. The Balaban J connectivity index is 2.12. The molecule has 5 nitrogen and oxygen atoms in total. The molecule has 2 aromatic heterocycles. The van der Waals surface area contributed by atoms with E-state index < -0.39 is 0 Å². The SMILES string of the molecule is CNc1nc(-c2cscn2)nc2c1COCC2. The Morgan fingerprint density at radius 1 is 1.41 bits per heavy atom. The standard InChI is InChI=1S/C11H12N4OS/c1-12-10-7-4-16-3-2-8(7)14-11(15-10)9-5-17-6-13-9/h5-6H,2-4H2,1H3,(H,12,14,15). The largest absolute Gasteiger partial charge is 0.376 e. The van der Waals surface area contributed by atoms with Crippen molar-refractivity contribution in [2.45, 2.75) is 13.0 Å². The molecular formula is C11H12N4OS. The Hall–Kier alpha value is -1.53. The summed E-state index contributed by atoms with van der Waals surface area (Å²) in [6.45, 7) is 1.31. The molecule has 1 N–H and O–H groups in total. The van der Waals surface area contributed by atoms with Gasteiger partial charge in [0.2, 0.25) is 0 Å². The first-order chi connectivity index (χ1) is 8.38. The summed E-state index contributed by atoms with van der Waals surface area (Å²) in [7, 11) is 1.86. The van der Waals surface area contributed by atoms with Gasteiger partial charge in [0.05, 0.1) is 24.4 Å². The molecule has 1 aliphatic rings. The van der Waals surface area contributed by atoms with Gasteiger partial charge in [0, 0.05) is 24.4 Å². The zero-order valence-electron chi connectivity index (χ0n) is 9.43. The van der Waals surface area contributed by atoms with E-state index in [0.717, 1.165) is 35.8 Å². The van der Waals surface area contributed by atoms with Gasteiger partial charge in [0.1, 0.15) is 11.5 Å². The maximum Gasteiger partial charge on any atom is 0.181 e. The van der Waals surface area contributed by atoms with Crippen LogP contribution < -0.4 is 5.32 Å². The van der Waals surface area contributed by atoms with Gasteiger partial charge in [-0.1, -0.05) is 0 Å². The van der Waals surface area contributed by atoms with Gasteiger partial charge in [-0.15, -0.1) is 11.3 Å². The molecule has 0 fully saturated rings. The lowest BCUT2D eigenvalue weighted by Crippen LogP contribution is -2.16. The summed E-state index contributed by atoms with van der Waals surface area (Å²) in [5.41, 5.74) is 4.76. The molecule has 6 heteroatoms. The molecule has 0 aliphatic carbocycles. The van der Waals surface area contributed by atoms with E-state index in [1.807, 2.05) is 12.4 Å². The molecule has 0 bridgehead atoms. The highest BCUT2D eigenvalue weighted by Gasteiger charge is 2.18. The topological polar surface area (TPSA) is 59.9 Å². The number of anilines is 1. The molecule has 2 aromatic rings. The molecule has 0 unspecified atom stereocenters. The summed E-state index contributed by atoms with van der Waals surface area (Å²) in [4.78, 5) is 13.3. The number of hydrogen-bond acceptors (Lipinski definition) is 6. The third kappa shape index (κ3) is 1.89. The van der Waals surface area contributed by atoms with E-state index in [4.69, 9.17) is 4.74 Å². The van der Waals surface area contributed by atoms with Crippen LogP contribution in [0.5, 0.6) is 0 Å². The molecule has 0 saturated carbocycles. The lowest BCUT2D eigenvalue weighted by Gasteiger charge is -2.18. The van der Waals surface area contributed by atoms with Crippen LogP contribution in [0.1, 0.15) is 11.3 Å². The molecule has 0 spiro atoms. The molecule has 3 heterocycles. The number of fused-ring (bicyclic) bond motifs is 1. The van der Waals surface area contributed by atoms with Crippen molar-refractivity contribution in [3.05, 3.63) is 22.1 Å². The van der Waals surface area contributed by atoms with E-state index in [9.17, 15) is 0 Å². The number of thiazole rings is 1. The first-order valence-corrected chi connectivity index (χ1v) is 6.36. The van der Waals surface area contributed by atoms with Crippen LogP contribution in [0.4, 0.5) is 5.82 Å². The van der Waals surface area contributed by atoms with Crippen molar-refractivity contribution < 1.29 is 4.74 Å². The first-order valence-electron chi connectivity index (χ1n) is 5.42. The Bertz CT molecular complexity index is 509. The summed E-state index contributed by atoms with van der Waals surface area (Å²) in [6.07, 6.45) is 0.837. The normalized spacial score (nSPS) is 14.4. The summed E-state index contributed by atoms with van der Waals surface area (Å²) in [5.74, 6) is 1.54. The summed E-state index contributed by atoms with van der Waals surface area (Å²) >= 11 is 1.55. The van der Waals surface area contributed by atoms with Crippen molar-refractivity contribution in [3.8, 4) is 11.5 Å². The van der Waals surface area contributed by atoms with Gasteiger partial charge in [-0.3, -0.25) is 0 Å². The smallest absolute Gasteiger partial charge is 0.181 e. The van der Waals surface area contributed by atoms with Crippen LogP contribution in [0, 0.1) is 0 Å². The van der Waals surface area contributed by atoms with Crippen LogP contribution >= 0.6 is 11.3 Å². The number of rotatable bonds is 2. The lowest BCUT2D eigenvalue weighted by atomic mass is 10.1. The van der Waals surface area contributed by atoms with Crippen LogP contribution in [0.3, 0.4) is 0 Å². The molecule has 0 aromatic carbocycles. The van der Waals surface area contributed by atoms with Crippen LogP contribution in [-0.2, 0) is 17.8 Å². The second-order valence-electron chi connectivity index (χ2n) is 3.75. The average molecular weight is 248 g/mol. The van der Waals surface area contributed by atoms with Crippen molar-refractivity contribution in [3.63, 3.8) is 0 Å². The molecule has 88 valence electrons. The van der Waals surface area contributed by atoms with Gasteiger partial charge in [0.15, 0.2) is 5.82 Å². The third-order valence-electron chi connectivity index (χ3n) is 2.72. The van der Waals surface area contributed by atoms with Crippen molar-refractivity contribution >= 4 is 17.2 Å². The Morgan fingerprint density at radius 2 is 2.35 bits per heavy atom. The monoisotopic (exact) mass is 248 g/mol. The molecular weight excluding hydrogens is 236 g/mol. The minimum Gasteiger partial charge on any atom is -0.376 e. The summed E-state index contributed by atoms with van der Waals surface area (Å²) in [5, 5.41) is 5.06. The minimum absolute atomic E-state index is 0.586. The highest BCUT2D eigenvalue weighted by molar-refractivity contribution is 7.07. The molecule has 17 heavy (non-hydrogen) atoms. The maximum atomic E-state index is 5.44. The fourth-order valence-corrected chi connectivity index (χ4v) is 2.41. The third-order valence-corrected chi connectivity index (χ3v) is 3.31. The predicted molar refractivity (Wildman–Crippen MR) is 66.0 cm³/mol. The Labute approximate surface area is 103 Å². The molecule has 3 rings (SSSR count). The number of nitrogens with one attached hydrogen (secondary N) is 1. The summed E-state index contributed by atoms with van der Waals surface area (Å²) < 4.78 is 5.44. The highest BCUT2D eigenvalue weighted by atomic mass is 32.1. The number of nitrogens with zero attached hydrogens (tertiary/aromatic N) is 3. The van der Waals surface area contributed by atoms with E-state index in [1.165, 1.54) is 0 Å². The van der Waals surface area contributed by atoms with Crippen LogP contribution in [0.25, 0.3) is 11.5 Å². The number of aromatic nitrogens is 3. The van der Waals surface area contributed by atoms with Gasteiger partial charge < -0.3 is 10.1 Å². The van der Waals surface area contributed by atoms with Crippen LogP contribution in [0.15, 0.2) is 10.9 Å². The van der Waals surface area contributed by atoms with E-state index in [-0.39, 0.29) is 0 Å². The van der Waals surface area contributed by atoms with E-state index in [2.05, 4.69) is 20.3 Å². The van der Waals surface area contributed by atoms with E-state index in [1.54, 1.807) is 16.8 Å². The molecule has 0 radical (unpaired) electrons. The fourth-order valence-electron chi connectivity index (χ4n) is 1.88. The maximum absolute atomic E-state index is 5.44. The van der Waals surface area contributed by atoms with Crippen LogP contribution in [-0.4, -0.2) is 28.6 Å². The number of hydrogen-bond donors (Lipinski definition) is 1. The van der Waals surface area contributed by atoms with Crippen molar-refractivity contribution in [2.24, 2.45) is 0 Å². The zero-order valence-corrected chi connectivity index (χ0v) is 10.3. The predicted octanol–water partition coefficient (Wildman–Crippen LogP) is 1.71. The Kier molecular flexibility index (Phi) is 2.74. The van der Waals surface area contributed by atoms with Gasteiger partial charge in [0.25, 0.3) is 0 Å². The minimum atomic E-state index is 0.586. The first kappa shape index (κ1) is 10.6. The van der Waals surface area contributed by atoms with Crippen molar-refractivity contribution in [2.75, 3.05) is 19.0 Å². The van der Waals surface area contributed by atoms with Gasteiger partial charge in [-0.05, 0) is 0 Å². The molecule has 1 aliphatic heterocycles. The lowest BCUT2D eigenvalue weighted by molar-refractivity contribution is 0.109. The van der Waals surface area contributed by atoms with E-state index >= 15 is 0 Å². The molecule has 0 atom stereocenters. The van der Waals surface area contributed by atoms with Crippen LogP contribution in [0.2, 0.25) is 0 Å². The van der Waals surface area contributed by atoms with E-state index in [0.29, 0.717) is 12.4 Å². The Morgan fingerprint density at radius 3 is 3.12 bits per heavy atom. The van der Waals surface area contributed by atoms with Crippen molar-refractivity contribution in [1.29, 1.82) is 0 Å².